The Labute approximate surface area is 163 Å². The molecule has 3 rings (SSSR count). The summed E-state index contributed by atoms with van der Waals surface area (Å²) >= 11 is 3.45. The van der Waals surface area contributed by atoms with Gasteiger partial charge in [-0.2, -0.15) is 10.2 Å². The van der Waals surface area contributed by atoms with Crippen LogP contribution in [0.25, 0.3) is 0 Å². The second kappa shape index (κ2) is 8.35. The van der Waals surface area contributed by atoms with Gasteiger partial charge in [-0.3, -0.25) is 19.1 Å². The largest absolute Gasteiger partial charge is 0.340 e. The minimum atomic E-state index is 0.212. The van der Waals surface area contributed by atoms with E-state index in [1.807, 2.05) is 27.4 Å². The predicted molar refractivity (Wildman–Crippen MR) is 104 cm³/mol. The second-order valence-electron chi connectivity index (χ2n) is 6.83. The van der Waals surface area contributed by atoms with Crippen LogP contribution in [0.4, 0.5) is 0 Å². The van der Waals surface area contributed by atoms with Crippen LogP contribution in [-0.4, -0.2) is 61.4 Å². The number of aromatic nitrogens is 4. The number of aryl methyl sites for hydroxylation is 4. The predicted octanol–water partition coefficient (Wildman–Crippen LogP) is 2.21. The molecule has 8 heteroatoms. The molecule has 0 aromatic carbocycles. The molecule has 1 fully saturated rings. The van der Waals surface area contributed by atoms with Crippen molar-refractivity contribution in [3.8, 4) is 0 Å². The molecule has 2 aromatic rings. The van der Waals surface area contributed by atoms with E-state index < -0.39 is 0 Å². The zero-order valence-electron chi connectivity index (χ0n) is 15.8. The number of rotatable bonds is 6. The summed E-state index contributed by atoms with van der Waals surface area (Å²) in [5, 5.41) is 8.90. The molecule has 3 heterocycles. The molecule has 1 amide bonds. The molecule has 0 saturated carbocycles. The highest BCUT2D eigenvalue weighted by Gasteiger charge is 2.22. The summed E-state index contributed by atoms with van der Waals surface area (Å²) in [4.78, 5) is 16.8. The molecule has 1 aliphatic heterocycles. The minimum Gasteiger partial charge on any atom is -0.340 e. The number of amides is 1. The van der Waals surface area contributed by atoms with Crippen molar-refractivity contribution in [1.82, 2.24) is 29.4 Å². The first-order chi connectivity index (χ1) is 12.5. The van der Waals surface area contributed by atoms with E-state index in [-0.39, 0.29) is 5.91 Å². The van der Waals surface area contributed by atoms with E-state index in [0.29, 0.717) is 13.0 Å². The van der Waals surface area contributed by atoms with Crippen molar-refractivity contribution in [3.63, 3.8) is 0 Å². The third kappa shape index (κ3) is 4.54. The SMILES string of the molecule is CCn1cc(CN2CCN(C(=O)CCn3cc(Br)c(C)n3)CC2)c(C)n1. The van der Waals surface area contributed by atoms with Gasteiger partial charge in [0.15, 0.2) is 0 Å². The molecule has 2 aromatic heterocycles. The Morgan fingerprint density at radius 2 is 1.77 bits per heavy atom. The number of hydrogen-bond donors (Lipinski definition) is 0. The van der Waals surface area contributed by atoms with Crippen LogP contribution in [0, 0.1) is 13.8 Å². The van der Waals surface area contributed by atoms with Crippen LogP contribution in [0.2, 0.25) is 0 Å². The maximum Gasteiger partial charge on any atom is 0.224 e. The van der Waals surface area contributed by atoms with E-state index >= 15 is 0 Å². The Kier molecular flexibility index (Phi) is 6.13. The summed E-state index contributed by atoms with van der Waals surface area (Å²) in [6, 6.07) is 0. The zero-order chi connectivity index (χ0) is 18.7. The molecule has 7 nitrogen and oxygen atoms in total. The lowest BCUT2D eigenvalue weighted by Crippen LogP contribution is -2.48. The van der Waals surface area contributed by atoms with Gasteiger partial charge in [0.2, 0.25) is 5.91 Å². The monoisotopic (exact) mass is 422 g/mol. The second-order valence-corrected chi connectivity index (χ2v) is 7.68. The van der Waals surface area contributed by atoms with Crippen LogP contribution in [0.5, 0.6) is 0 Å². The molecule has 0 aliphatic carbocycles. The van der Waals surface area contributed by atoms with E-state index in [9.17, 15) is 4.79 Å². The Morgan fingerprint density at radius 1 is 1.08 bits per heavy atom. The topological polar surface area (TPSA) is 59.2 Å². The van der Waals surface area contributed by atoms with E-state index in [0.717, 1.165) is 55.1 Å². The summed E-state index contributed by atoms with van der Waals surface area (Å²) < 4.78 is 4.81. The highest BCUT2D eigenvalue weighted by atomic mass is 79.9. The Bertz CT molecular complexity index is 740. The summed E-state index contributed by atoms with van der Waals surface area (Å²) in [7, 11) is 0. The Balaban J connectivity index is 1.45. The third-order valence-electron chi connectivity index (χ3n) is 4.93. The van der Waals surface area contributed by atoms with Crippen LogP contribution in [0.1, 0.15) is 30.3 Å². The first kappa shape index (κ1) is 19.1. The molecule has 0 spiro atoms. The van der Waals surface area contributed by atoms with Gasteiger partial charge in [0, 0.05) is 70.2 Å². The summed E-state index contributed by atoms with van der Waals surface area (Å²) in [5.41, 5.74) is 3.34. The van der Waals surface area contributed by atoms with Gasteiger partial charge >= 0.3 is 0 Å². The lowest BCUT2D eigenvalue weighted by Gasteiger charge is -2.34. The fourth-order valence-corrected chi connectivity index (χ4v) is 3.56. The number of hydrogen-bond acceptors (Lipinski definition) is 4. The number of piperazine rings is 1. The fourth-order valence-electron chi connectivity index (χ4n) is 3.25. The van der Waals surface area contributed by atoms with Gasteiger partial charge < -0.3 is 4.90 Å². The average molecular weight is 423 g/mol. The number of carbonyl (C=O) groups is 1. The van der Waals surface area contributed by atoms with E-state index in [1.165, 1.54) is 5.56 Å². The van der Waals surface area contributed by atoms with Crippen molar-refractivity contribution in [2.45, 2.75) is 46.8 Å². The first-order valence-electron chi connectivity index (χ1n) is 9.19. The van der Waals surface area contributed by atoms with Crippen molar-refractivity contribution < 1.29 is 4.79 Å². The fraction of sp³-hybridized carbons (Fsp3) is 0.611. The molecular weight excluding hydrogens is 396 g/mol. The van der Waals surface area contributed by atoms with Crippen LogP contribution >= 0.6 is 15.9 Å². The number of halogens is 1. The maximum absolute atomic E-state index is 12.5. The number of nitrogens with zero attached hydrogens (tertiary/aromatic N) is 6. The zero-order valence-corrected chi connectivity index (χ0v) is 17.4. The van der Waals surface area contributed by atoms with Gasteiger partial charge in [-0.1, -0.05) is 0 Å². The third-order valence-corrected chi connectivity index (χ3v) is 5.71. The summed E-state index contributed by atoms with van der Waals surface area (Å²) in [6.07, 6.45) is 4.56. The van der Waals surface area contributed by atoms with Crippen molar-refractivity contribution in [2.24, 2.45) is 0 Å². The van der Waals surface area contributed by atoms with Gasteiger partial charge in [-0.05, 0) is 36.7 Å². The van der Waals surface area contributed by atoms with Crippen LogP contribution in [0.15, 0.2) is 16.9 Å². The molecule has 0 bridgehead atoms. The highest BCUT2D eigenvalue weighted by molar-refractivity contribution is 9.10. The van der Waals surface area contributed by atoms with Crippen molar-refractivity contribution >= 4 is 21.8 Å². The molecule has 0 N–H and O–H groups in total. The van der Waals surface area contributed by atoms with Crippen molar-refractivity contribution in [1.29, 1.82) is 0 Å². The van der Waals surface area contributed by atoms with Crippen LogP contribution < -0.4 is 0 Å². The van der Waals surface area contributed by atoms with E-state index in [1.54, 1.807) is 0 Å². The van der Waals surface area contributed by atoms with Crippen LogP contribution in [0.3, 0.4) is 0 Å². The smallest absolute Gasteiger partial charge is 0.224 e. The van der Waals surface area contributed by atoms with Crippen molar-refractivity contribution in [2.75, 3.05) is 26.2 Å². The van der Waals surface area contributed by atoms with E-state index in [2.05, 4.69) is 51.1 Å². The summed E-state index contributed by atoms with van der Waals surface area (Å²) in [6.45, 7) is 12.0. The molecule has 0 atom stereocenters. The molecular formula is C18H27BrN6O. The van der Waals surface area contributed by atoms with E-state index in [4.69, 9.17) is 0 Å². The van der Waals surface area contributed by atoms with Gasteiger partial charge in [-0.15, -0.1) is 0 Å². The summed E-state index contributed by atoms with van der Waals surface area (Å²) in [5.74, 6) is 0.212. The highest BCUT2D eigenvalue weighted by Crippen LogP contribution is 2.15. The molecule has 142 valence electrons. The quantitative estimate of drug-likeness (QED) is 0.715. The minimum absolute atomic E-state index is 0.212. The standard InChI is InChI=1S/C18H27BrN6O/c1-4-24-12-16(14(2)20-24)11-22-7-9-23(10-8-22)18(26)5-6-25-13-17(19)15(3)21-25/h12-13H,4-11H2,1-3H3. The van der Waals surface area contributed by atoms with Crippen LogP contribution in [-0.2, 0) is 24.4 Å². The van der Waals surface area contributed by atoms with Crippen molar-refractivity contribution in [3.05, 3.63) is 33.8 Å². The Morgan fingerprint density at radius 3 is 2.35 bits per heavy atom. The van der Waals surface area contributed by atoms with Gasteiger partial charge in [0.25, 0.3) is 0 Å². The van der Waals surface area contributed by atoms with Gasteiger partial charge in [-0.25, -0.2) is 0 Å². The molecule has 26 heavy (non-hydrogen) atoms. The lowest BCUT2D eigenvalue weighted by molar-refractivity contribution is -0.133. The molecule has 0 radical (unpaired) electrons. The Hall–Kier alpha value is -1.67. The maximum atomic E-state index is 12.5. The molecule has 1 saturated heterocycles. The van der Waals surface area contributed by atoms with Gasteiger partial charge in [0.1, 0.15) is 0 Å². The average Bonchev–Trinajstić information content (AvgIpc) is 3.15. The first-order valence-corrected chi connectivity index (χ1v) is 9.98. The molecule has 0 unspecified atom stereocenters. The number of carbonyl (C=O) groups excluding carboxylic acids is 1. The van der Waals surface area contributed by atoms with Gasteiger partial charge in [0.05, 0.1) is 15.9 Å². The normalized spacial score (nSPS) is 15.6. The lowest BCUT2D eigenvalue weighted by atomic mass is 10.2. The molecule has 1 aliphatic rings.